The van der Waals surface area contributed by atoms with Crippen molar-refractivity contribution in [3.8, 4) is 11.1 Å². The molecule has 2 aromatic rings. The van der Waals surface area contributed by atoms with Crippen molar-refractivity contribution in [2.75, 3.05) is 13.1 Å². The van der Waals surface area contributed by atoms with Crippen LogP contribution in [0.3, 0.4) is 0 Å². The van der Waals surface area contributed by atoms with Crippen LogP contribution in [0.1, 0.15) is 5.56 Å². The van der Waals surface area contributed by atoms with E-state index in [-0.39, 0.29) is 5.02 Å². The highest BCUT2D eigenvalue weighted by Crippen LogP contribution is 2.28. The van der Waals surface area contributed by atoms with Crippen molar-refractivity contribution in [1.82, 2.24) is 5.32 Å². The first-order chi connectivity index (χ1) is 9.25. The summed E-state index contributed by atoms with van der Waals surface area (Å²) in [6, 6.07) is 12.7. The van der Waals surface area contributed by atoms with Gasteiger partial charge in [0.15, 0.2) is 0 Å². The van der Waals surface area contributed by atoms with Gasteiger partial charge in [0.25, 0.3) is 0 Å². The van der Waals surface area contributed by atoms with Gasteiger partial charge in [0.2, 0.25) is 0 Å². The third-order valence-corrected chi connectivity index (χ3v) is 3.38. The van der Waals surface area contributed by atoms with Gasteiger partial charge in [0.05, 0.1) is 11.6 Å². The Hall–Kier alpha value is -1.87. The highest BCUT2D eigenvalue weighted by Gasteiger charge is 2.14. The van der Waals surface area contributed by atoms with Crippen molar-refractivity contribution in [2.45, 2.75) is 0 Å². The maximum absolute atomic E-state index is 13.2. The van der Waals surface area contributed by atoms with Crippen LogP contribution in [0.25, 0.3) is 11.1 Å². The van der Waals surface area contributed by atoms with Crippen LogP contribution in [0.4, 0.5) is 4.39 Å². The summed E-state index contributed by atoms with van der Waals surface area (Å²) in [6.07, 6.45) is 0. The van der Waals surface area contributed by atoms with E-state index < -0.39 is 5.82 Å². The topological polar surface area (TPSA) is 24.4 Å². The molecule has 0 bridgehead atoms. The van der Waals surface area contributed by atoms with Crippen molar-refractivity contribution >= 4 is 17.4 Å². The van der Waals surface area contributed by atoms with Crippen molar-refractivity contribution in [1.29, 1.82) is 0 Å². The van der Waals surface area contributed by atoms with E-state index in [1.807, 2.05) is 24.3 Å². The molecule has 0 spiro atoms. The Bertz CT molecular complexity index is 652. The Morgan fingerprint density at radius 3 is 2.58 bits per heavy atom. The number of benzene rings is 2. The van der Waals surface area contributed by atoms with Crippen LogP contribution in [0.15, 0.2) is 47.5 Å². The first-order valence-corrected chi connectivity index (χ1v) is 6.46. The van der Waals surface area contributed by atoms with Crippen molar-refractivity contribution < 1.29 is 4.39 Å². The van der Waals surface area contributed by atoms with Crippen molar-refractivity contribution in [3.63, 3.8) is 0 Å². The summed E-state index contributed by atoms with van der Waals surface area (Å²) in [4.78, 5) is 4.43. The molecule has 1 N–H and O–H groups in total. The van der Waals surface area contributed by atoms with E-state index in [1.165, 1.54) is 6.07 Å². The summed E-state index contributed by atoms with van der Waals surface area (Å²) < 4.78 is 13.2. The minimum atomic E-state index is -0.403. The molecule has 0 aliphatic carbocycles. The number of rotatable bonds is 2. The minimum absolute atomic E-state index is 0.133. The van der Waals surface area contributed by atoms with E-state index >= 15 is 0 Å². The Balaban J connectivity index is 2.11. The predicted octanol–water partition coefficient (Wildman–Crippen LogP) is 3.50. The molecule has 0 saturated heterocycles. The lowest BCUT2D eigenvalue weighted by Gasteiger charge is -2.10. The van der Waals surface area contributed by atoms with Gasteiger partial charge in [0.1, 0.15) is 11.7 Å². The first kappa shape index (κ1) is 12.2. The van der Waals surface area contributed by atoms with Crippen LogP contribution >= 0.6 is 11.6 Å². The van der Waals surface area contributed by atoms with Crippen molar-refractivity contribution in [3.05, 3.63) is 58.9 Å². The predicted molar refractivity (Wildman–Crippen MR) is 76.3 cm³/mol. The lowest BCUT2D eigenvalue weighted by molar-refractivity contribution is 0.628. The molecule has 0 atom stereocenters. The highest BCUT2D eigenvalue weighted by molar-refractivity contribution is 6.31. The molecule has 0 unspecified atom stereocenters. The molecule has 2 nitrogen and oxygen atoms in total. The number of nitrogens with one attached hydrogen (secondary N) is 1. The van der Waals surface area contributed by atoms with Gasteiger partial charge in [-0.25, -0.2) is 4.39 Å². The van der Waals surface area contributed by atoms with Crippen LogP contribution in [0.5, 0.6) is 0 Å². The minimum Gasteiger partial charge on any atom is -0.368 e. The van der Waals surface area contributed by atoms with Crippen LogP contribution in [-0.4, -0.2) is 18.9 Å². The molecule has 0 saturated carbocycles. The molecule has 19 heavy (non-hydrogen) atoms. The quantitative estimate of drug-likeness (QED) is 0.891. The van der Waals surface area contributed by atoms with Gasteiger partial charge in [-0.2, -0.15) is 0 Å². The molecule has 1 aliphatic rings. The zero-order valence-electron chi connectivity index (χ0n) is 10.2. The maximum Gasteiger partial charge on any atom is 0.141 e. The average Bonchev–Trinajstić information content (AvgIpc) is 2.96. The van der Waals surface area contributed by atoms with E-state index in [9.17, 15) is 4.39 Å². The summed E-state index contributed by atoms with van der Waals surface area (Å²) in [5.74, 6) is 0.482. The molecule has 0 fully saturated rings. The summed E-state index contributed by atoms with van der Waals surface area (Å²) >= 11 is 5.85. The van der Waals surface area contributed by atoms with E-state index in [1.54, 1.807) is 12.1 Å². The molecule has 1 aliphatic heterocycles. The van der Waals surface area contributed by atoms with Gasteiger partial charge >= 0.3 is 0 Å². The van der Waals surface area contributed by atoms with E-state index in [4.69, 9.17) is 11.6 Å². The number of amidine groups is 1. The molecule has 1 heterocycles. The lowest BCUT2D eigenvalue weighted by Crippen LogP contribution is -2.20. The summed E-state index contributed by atoms with van der Waals surface area (Å²) in [6.45, 7) is 1.64. The van der Waals surface area contributed by atoms with E-state index in [2.05, 4.69) is 10.3 Å². The largest absolute Gasteiger partial charge is 0.368 e. The zero-order chi connectivity index (χ0) is 13.2. The number of halogens is 2. The van der Waals surface area contributed by atoms with Crippen LogP contribution in [0.2, 0.25) is 5.02 Å². The Morgan fingerprint density at radius 1 is 1.11 bits per heavy atom. The third kappa shape index (κ3) is 2.34. The second-order valence-electron chi connectivity index (χ2n) is 4.33. The molecule has 0 aromatic heterocycles. The van der Waals surface area contributed by atoms with Crippen LogP contribution in [0, 0.1) is 5.82 Å². The number of nitrogens with zero attached hydrogens (tertiary/aromatic N) is 1. The lowest BCUT2D eigenvalue weighted by atomic mass is 9.99. The van der Waals surface area contributed by atoms with Gasteiger partial charge < -0.3 is 5.32 Å². The third-order valence-electron chi connectivity index (χ3n) is 3.09. The molecule has 3 rings (SSSR count). The van der Waals surface area contributed by atoms with E-state index in [0.717, 1.165) is 35.6 Å². The Labute approximate surface area is 115 Å². The average molecular weight is 275 g/mol. The zero-order valence-corrected chi connectivity index (χ0v) is 10.9. The fourth-order valence-electron chi connectivity index (χ4n) is 2.18. The molecular formula is C15H12ClFN2. The molecule has 2 aromatic carbocycles. The number of hydrogen-bond donors (Lipinski definition) is 1. The molecule has 96 valence electrons. The van der Waals surface area contributed by atoms with Crippen molar-refractivity contribution in [2.24, 2.45) is 4.99 Å². The van der Waals surface area contributed by atoms with Gasteiger partial charge in [0, 0.05) is 12.1 Å². The molecule has 0 amide bonds. The fraction of sp³-hybridized carbons (Fsp3) is 0.133. The standard InChI is InChI=1S/C15H12ClFN2/c16-13-9-10(5-6-14(13)17)11-3-1-2-4-12(11)15-18-7-8-19-15/h1-6,9H,7-8H2,(H,18,19). The molecular weight excluding hydrogens is 263 g/mol. The first-order valence-electron chi connectivity index (χ1n) is 6.09. The SMILES string of the molecule is Fc1ccc(-c2ccccc2C2=NCCN2)cc1Cl. The Kier molecular flexibility index (Phi) is 3.22. The van der Waals surface area contributed by atoms with Gasteiger partial charge in [-0.1, -0.05) is 41.9 Å². The summed E-state index contributed by atoms with van der Waals surface area (Å²) in [5, 5.41) is 3.38. The van der Waals surface area contributed by atoms with Gasteiger partial charge in [-0.15, -0.1) is 0 Å². The second-order valence-corrected chi connectivity index (χ2v) is 4.74. The summed E-state index contributed by atoms with van der Waals surface area (Å²) in [7, 11) is 0. The highest BCUT2D eigenvalue weighted by atomic mass is 35.5. The molecule has 4 heteroatoms. The Morgan fingerprint density at radius 2 is 1.89 bits per heavy atom. The summed E-state index contributed by atoms with van der Waals surface area (Å²) in [5.41, 5.74) is 2.90. The van der Waals surface area contributed by atoms with Crippen LogP contribution in [-0.2, 0) is 0 Å². The molecule has 0 radical (unpaired) electrons. The fourth-order valence-corrected chi connectivity index (χ4v) is 2.36. The normalized spacial score (nSPS) is 14.1. The smallest absolute Gasteiger partial charge is 0.141 e. The van der Waals surface area contributed by atoms with Gasteiger partial charge in [-0.05, 0) is 23.3 Å². The van der Waals surface area contributed by atoms with E-state index in [0.29, 0.717) is 0 Å². The van der Waals surface area contributed by atoms with Crippen LogP contribution < -0.4 is 5.32 Å². The number of hydrogen-bond acceptors (Lipinski definition) is 2. The second kappa shape index (κ2) is 5.02. The van der Waals surface area contributed by atoms with Gasteiger partial charge in [-0.3, -0.25) is 4.99 Å². The monoisotopic (exact) mass is 274 g/mol. The number of aliphatic imine (C=N–C) groups is 1. The maximum atomic E-state index is 13.2.